The van der Waals surface area contributed by atoms with Crippen molar-refractivity contribution in [3.05, 3.63) is 12.1 Å². The van der Waals surface area contributed by atoms with Crippen LogP contribution in [0.3, 0.4) is 0 Å². The van der Waals surface area contributed by atoms with Gasteiger partial charge in [0.05, 0.1) is 13.2 Å². The monoisotopic (exact) mass is 390 g/mol. The van der Waals surface area contributed by atoms with Crippen molar-refractivity contribution in [2.24, 2.45) is 0 Å². The molecule has 3 rings (SSSR count). The van der Waals surface area contributed by atoms with Gasteiger partial charge >= 0.3 is 14.2 Å². The molecule has 0 spiro atoms. The fourth-order valence-corrected chi connectivity index (χ4v) is 3.20. The van der Waals surface area contributed by atoms with Gasteiger partial charge in [-0.05, 0) is 37.8 Å². The van der Waals surface area contributed by atoms with E-state index in [1.807, 2.05) is 12.1 Å². The number of unbranched alkanes of at least 4 members (excludes halogenated alkanes) is 2. The number of hydrogen-bond donors (Lipinski definition) is 0. The summed E-state index contributed by atoms with van der Waals surface area (Å²) in [4.78, 5) is 0. The first kappa shape index (κ1) is 21.5. The molecule has 6 nitrogen and oxygen atoms in total. The molecule has 0 unspecified atom stereocenters. The van der Waals surface area contributed by atoms with Gasteiger partial charge in [-0.25, -0.2) is 0 Å². The van der Waals surface area contributed by atoms with E-state index in [0.717, 1.165) is 60.9 Å². The van der Waals surface area contributed by atoms with Gasteiger partial charge in [0.15, 0.2) is 0 Å². The van der Waals surface area contributed by atoms with Crippen molar-refractivity contribution in [2.75, 3.05) is 39.6 Å². The Morgan fingerprint density at radius 1 is 0.714 bits per heavy atom. The van der Waals surface area contributed by atoms with E-state index >= 15 is 0 Å². The second kappa shape index (κ2) is 11.7. The average molecular weight is 390 g/mol. The lowest BCUT2D eigenvalue weighted by Crippen LogP contribution is -2.45. The normalized spacial score (nSPS) is 17.6. The summed E-state index contributed by atoms with van der Waals surface area (Å²) >= 11 is 0. The fraction of sp³-hybridized carbons (Fsp3) is 0.700. The Kier molecular flexibility index (Phi) is 8.99. The summed E-state index contributed by atoms with van der Waals surface area (Å²) in [6.07, 6.45) is 5.95. The Bertz CT molecular complexity index is 537. The molecule has 154 valence electrons. The number of ether oxygens (including phenoxy) is 2. The highest BCUT2D eigenvalue weighted by molar-refractivity contribution is 6.65. The summed E-state index contributed by atoms with van der Waals surface area (Å²) in [5.74, 6) is 1.52. The molecule has 2 heterocycles. The first-order chi connectivity index (χ1) is 13.8. The lowest BCUT2D eigenvalue weighted by molar-refractivity contribution is 0.141. The van der Waals surface area contributed by atoms with E-state index in [2.05, 4.69) is 13.8 Å². The van der Waals surface area contributed by atoms with Crippen molar-refractivity contribution in [3.8, 4) is 11.5 Å². The molecule has 8 heteroatoms. The van der Waals surface area contributed by atoms with Crippen LogP contribution in [0.5, 0.6) is 11.5 Å². The van der Waals surface area contributed by atoms with Crippen LogP contribution >= 0.6 is 0 Å². The van der Waals surface area contributed by atoms with Crippen molar-refractivity contribution in [1.29, 1.82) is 0 Å². The smallest absolute Gasteiger partial charge is 0.494 e. The third-order valence-electron chi connectivity index (χ3n) is 4.82. The topological polar surface area (TPSA) is 55.4 Å². The van der Waals surface area contributed by atoms with E-state index < -0.39 is 14.2 Å². The largest absolute Gasteiger partial charge is 0.497 e. The molecular weight excluding hydrogens is 358 g/mol. The minimum absolute atomic E-state index is 0.429. The summed E-state index contributed by atoms with van der Waals surface area (Å²) in [6, 6.07) is 3.98. The Labute approximate surface area is 169 Å². The Morgan fingerprint density at radius 3 is 1.46 bits per heavy atom. The molecule has 1 aromatic carbocycles. The van der Waals surface area contributed by atoms with Gasteiger partial charge < -0.3 is 28.1 Å². The zero-order valence-electron chi connectivity index (χ0n) is 17.2. The predicted molar refractivity (Wildman–Crippen MR) is 111 cm³/mol. The summed E-state index contributed by atoms with van der Waals surface area (Å²) in [7, 11) is -0.859. The fourth-order valence-electron chi connectivity index (χ4n) is 3.20. The van der Waals surface area contributed by atoms with Gasteiger partial charge in [-0.15, -0.1) is 0 Å². The van der Waals surface area contributed by atoms with Crippen molar-refractivity contribution < 1.29 is 28.1 Å². The number of benzene rings is 1. The molecule has 0 amide bonds. The molecular formula is C20H32B2O6. The van der Waals surface area contributed by atoms with Gasteiger partial charge in [-0.1, -0.05) is 26.7 Å². The van der Waals surface area contributed by atoms with Gasteiger partial charge in [0.2, 0.25) is 0 Å². The zero-order chi connectivity index (χ0) is 19.6. The van der Waals surface area contributed by atoms with E-state index in [0.29, 0.717) is 39.6 Å². The molecule has 0 aromatic heterocycles. The highest BCUT2D eigenvalue weighted by Crippen LogP contribution is 2.20. The van der Waals surface area contributed by atoms with Gasteiger partial charge in [0.1, 0.15) is 11.5 Å². The molecule has 2 saturated heterocycles. The maximum Gasteiger partial charge on any atom is 0.497 e. The van der Waals surface area contributed by atoms with E-state index in [1.54, 1.807) is 0 Å². The number of hydrogen-bond acceptors (Lipinski definition) is 6. The van der Waals surface area contributed by atoms with Crippen LogP contribution in [-0.2, 0) is 18.6 Å². The van der Waals surface area contributed by atoms with Crippen LogP contribution in [-0.4, -0.2) is 53.9 Å². The Hall–Kier alpha value is -1.21. The molecule has 2 aliphatic heterocycles. The standard InChI is InChI=1S/C20H32B2O6/c1-3-5-9-23-19-15-18(22-27-13-8-14-28-22)20(24-10-6-4-2)16-17(19)21-25-11-7-12-26-21/h15-16H,3-14H2,1-2H3. The predicted octanol–water partition coefficient (Wildman–Crippen LogP) is 2.31. The summed E-state index contributed by atoms with van der Waals surface area (Å²) < 4.78 is 35.7. The summed E-state index contributed by atoms with van der Waals surface area (Å²) in [5, 5.41) is 0. The third-order valence-corrected chi connectivity index (χ3v) is 4.82. The Morgan fingerprint density at radius 2 is 1.11 bits per heavy atom. The number of rotatable bonds is 10. The van der Waals surface area contributed by atoms with Gasteiger partial charge in [-0.3, -0.25) is 0 Å². The molecule has 0 N–H and O–H groups in total. The first-order valence-electron chi connectivity index (χ1n) is 10.7. The van der Waals surface area contributed by atoms with Crippen LogP contribution in [0.1, 0.15) is 52.4 Å². The van der Waals surface area contributed by atoms with Crippen molar-refractivity contribution in [1.82, 2.24) is 0 Å². The van der Waals surface area contributed by atoms with E-state index in [-0.39, 0.29) is 0 Å². The zero-order valence-corrected chi connectivity index (χ0v) is 17.2. The lowest BCUT2D eigenvalue weighted by Gasteiger charge is -2.26. The van der Waals surface area contributed by atoms with Gasteiger partial charge in [-0.2, -0.15) is 0 Å². The quantitative estimate of drug-likeness (QED) is 0.452. The highest BCUT2D eigenvalue weighted by Gasteiger charge is 2.34. The van der Waals surface area contributed by atoms with Gasteiger partial charge in [0.25, 0.3) is 0 Å². The molecule has 2 fully saturated rings. The van der Waals surface area contributed by atoms with E-state index in [4.69, 9.17) is 28.1 Å². The molecule has 0 saturated carbocycles. The van der Waals surface area contributed by atoms with Crippen LogP contribution in [0, 0.1) is 0 Å². The maximum absolute atomic E-state index is 6.12. The molecule has 0 aliphatic carbocycles. The maximum atomic E-state index is 6.12. The van der Waals surface area contributed by atoms with Crippen LogP contribution in [0.4, 0.5) is 0 Å². The van der Waals surface area contributed by atoms with Crippen LogP contribution in [0.25, 0.3) is 0 Å². The van der Waals surface area contributed by atoms with E-state index in [1.165, 1.54) is 0 Å². The van der Waals surface area contributed by atoms with E-state index in [9.17, 15) is 0 Å². The molecule has 0 atom stereocenters. The lowest BCUT2D eigenvalue weighted by atomic mass is 9.71. The Balaban J connectivity index is 1.91. The molecule has 0 radical (unpaired) electrons. The second-order valence-electron chi connectivity index (χ2n) is 7.19. The molecule has 2 aliphatic rings. The van der Waals surface area contributed by atoms with Crippen molar-refractivity contribution in [2.45, 2.75) is 52.4 Å². The molecule has 1 aromatic rings. The molecule has 28 heavy (non-hydrogen) atoms. The van der Waals surface area contributed by atoms with Gasteiger partial charge in [0, 0.05) is 37.4 Å². The SMILES string of the molecule is CCCCOc1cc(B2OCCCO2)c(OCCCC)cc1B1OCCCO1. The third kappa shape index (κ3) is 5.89. The minimum atomic E-state index is -0.429. The van der Waals surface area contributed by atoms with Crippen LogP contribution in [0.2, 0.25) is 0 Å². The van der Waals surface area contributed by atoms with Crippen molar-refractivity contribution in [3.63, 3.8) is 0 Å². The highest BCUT2D eigenvalue weighted by atomic mass is 16.6. The second-order valence-corrected chi connectivity index (χ2v) is 7.19. The summed E-state index contributed by atoms with van der Waals surface area (Å²) in [5.41, 5.74) is 1.75. The average Bonchev–Trinajstić information content (AvgIpc) is 2.76. The first-order valence-corrected chi connectivity index (χ1v) is 10.7. The minimum Gasteiger partial charge on any atom is -0.494 e. The van der Waals surface area contributed by atoms with Crippen molar-refractivity contribution >= 4 is 25.2 Å². The summed E-state index contributed by atoms with van der Waals surface area (Å²) in [6.45, 7) is 8.33. The van der Waals surface area contributed by atoms with Crippen LogP contribution < -0.4 is 20.4 Å². The molecule has 0 bridgehead atoms. The van der Waals surface area contributed by atoms with Crippen LogP contribution in [0.15, 0.2) is 12.1 Å².